The van der Waals surface area contributed by atoms with Gasteiger partial charge < -0.3 is 44.3 Å². The van der Waals surface area contributed by atoms with Crippen LogP contribution in [0.3, 0.4) is 0 Å². The smallest absolute Gasteiger partial charge is 0.338 e. The van der Waals surface area contributed by atoms with E-state index in [0.29, 0.717) is 54.6 Å². The van der Waals surface area contributed by atoms with Gasteiger partial charge in [0.25, 0.3) is 0 Å². The molecule has 312 valence electrons. The molecule has 15 heteroatoms. The number of esters is 2. The summed E-state index contributed by atoms with van der Waals surface area (Å²) >= 11 is 0. The highest BCUT2D eigenvalue weighted by Gasteiger charge is 2.39. The predicted octanol–water partition coefficient (Wildman–Crippen LogP) is 6.61. The lowest BCUT2D eigenvalue weighted by Crippen LogP contribution is -2.37. The quantitative estimate of drug-likeness (QED) is 0.0930. The van der Waals surface area contributed by atoms with E-state index in [0.717, 1.165) is 0 Å². The summed E-state index contributed by atoms with van der Waals surface area (Å²) in [5.41, 5.74) is -4.29. The number of carbonyl (C=O) groups excluding carboxylic acids is 4. The molecule has 0 fully saturated rings. The molecule has 0 bridgehead atoms. The van der Waals surface area contributed by atoms with Gasteiger partial charge in [-0.25, -0.2) is 9.59 Å². The maximum Gasteiger partial charge on any atom is 0.338 e. The number of hydrogen-bond acceptors (Lipinski definition) is 13. The number of aromatic hydroxyl groups is 4. The molecule has 0 radical (unpaired) electrons. The Bertz CT molecular complexity index is 1590. The van der Waals surface area contributed by atoms with Crippen molar-refractivity contribution in [2.45, 2.75) is 146 Å². The molecule has 55 heavy (non-hydrogen) atoms. The van der Waals surface area contributed by atoms with Crippen molar-refractivity contribution < 1.29 is 63.5 Å². The Morgan fingerprint density at radius 3 is 1.29 bits per heavy atom. The predicted molar refractivity (Wildman–Crippen MR) is 202 cm³/mol. The third kappa shape index (κ3) is 15.3. The third-order valence-corrected chi connectivity index (χ3v) is 9.46. The molecule has 2 aromatic rings. The van der Waals surface area contributed by atoms with E-state index in [2.05, 4.69) is 0 Å². The van der Waals surface area contributed by atoms with Crippen LogP contribution in [0, 0.1) is 21.7 Å². The number of aromatic nitrogens is 2. The van der Waals surface area contributed by atoms with Gasteiger partial charge in [-0.1, -0.05) is 27.7 Å². The van der Waals surface area contributed by atoms with Crippen LogP contribution in [-0.2, 0) is 33.4 Å². The summed E-state index contributed by atoms with van der Waals surface area (Å²) in [4.78, 5) is 61.5. The average Bonchev–Trinajstić information content (AvgIpc) is 3.51. The lowest BCUT2D eigenvalue weighted by molar-refractivity contribution is -0.160. The summed E-state index contributed by atoms with van der Waals surface area (Å²) in [6.07, 6.45) is 2.76. The Morgan fingerprint density at radius 1 is 0.527 bits per heavy atom. The highest BCUT2D eigenvalue weighted by molar-refractivity contribution is 5.77. The molecule has 0 aromatic carbocycles. The molecule has 0 amide bonds. The molecule has 15 nitrogen and oxygen atoms in total. The Kier molecular flexibility index (Phi) is 15.3. The highest BCUT2D eigenvalue weighted by atomic mass is 16.7. The number of hydrogen-bond donors (Lipinski definition) is 4. The van der Waals surface area contributed by atoms with Crippen LogP contribution in [0.15, 0.2) is 24.3 Å². The molecule has 0 atom stereocenters. The van der Waals surface area contributed by atoms with Gasteiger partial charge in [0.2, 0.25) is 23.5 Å². The second-order valence-electron chi connectivity index (χ2n) is 18.5. The van der Waals surface area contributed by atoms with Gasteiger partial charge in [0.05, 0.1) is 29.6 Å². The van der Waals surface area contributed by atoms with E-state index in [1.807, 2.05) is 55.4 Å². The lowest BCUT2D eigenvalue weighted by Gasteiger charge is -2.33. The first-order chi connectivity index (χ1) is 25.0. The maximum atomic E-state index is 12.9. The van der Waals surface area contributed by atoms with E-state index in [1.165, 1.54) is 24.3 Å². The second-order valence-corrected chi connectivity index (χ2v) is 18.5. The Hall–Kier alpha value is -4.40. The first-order valence-corrected chi connectivity index (χ1v) is 18.6. The van der Waals surface area contributed by atoms with Crippen molar-refractivity contribution in [3.05, 3.63) is 24.3 Å². The highest BCUT2D eigenvalue weighted by Crippen LogP contribution is 2.39. The van der Waals surface area contributed by atoms with Gasteiger partial charge in [-0.3, -0.25) is 9.59 Å². The van der Waals surface area contributed by atoms with Crippen LogP contribution in [0.1, 0.15) is 134 Å². The molecular weight excluding hydrogens is 716 g/mol. The monoisotopic (exact) mass is 780 g/mol. The lowest BCUT2D eigenvalue weighted by atomic mass is 9.73. The molecule has 0 unspecified atom stereocenters. The summed E-state index contributed by atoms with van der Waals surface area (Å²) in [6.45, 7) is 22.4. The van der Waals surface area contributed by atoms with Gasteiger partial charge in [0.15, 0.2) is 0 Å². The van der Waals surface area contributed by atoms with Crippen LogP contribution in [0.5, 0.6) is 23.5 Å². The number of rotatable bonds is 22. The van der Waals surface area contributed by atoms with Crippen molar-refractivity contribution in [3.8, 4) is 23.5 Å². The van der Waals surface area contributed by atoms with Crippen LogP contribution in [-0.4, -0.2) is 78.2 Å². The van der Waals surface area contributed by atoms with Gasteiger partial charge in [-0.05, 0) is 91.9 Å². The normalized spacial score (nSPS) is 13.0. The molecule has 0 spiro atoms. The number of ether oxygens (including phenoxy) is 3. The zero-order valence-corrected chi connectivity index (χ0v) is 34.7. The average molecular weight is 781 g/mol. The summed E-state index contributed by atoms with van der Waals surface area (Å²) in [7, 11) is 0. The molecule has 0 aliphatic heterocycles. The minimum atomic E-state index is -0.990. The van der Waals surface area contributed by atoms with Crippen LogP contribution >= 0.6 is 0 Å². The maximum absolute atomic E-state index is 12.9. The van der Waals surface area contributed by atoms with Crippen LogP contribution in [0.2, 0.25) is 0 Å². The van der Waals surface area contributed by atoms with E-state index in [9.17, 15) is 39.6 Å². The molecule has 2 rings (SSSR count). The first kappa shape index (κ1) is 46.8. The molecule has 0 aliphatic carbocycles. The Labute approximate surface area is 324 Å². The third-order valence-electron chi connectivity index (χ3n) is 9.46. The van der Waals surface area contributed by atoms with Crippen molar-refractivity contribution >= 4 is 23.9 Å². The molecule has 0 saturated heterocycles. The number of carbonyl (C=O) groups is 4. The van der Waals surface area contributed by atoms with E-state index in [4.69, 9.17) is 23.9 Å². The van der Waals surface area contributed by atoms with Crippen LogP contribution < -0.4 is 9.68 Å². The van der Waals surface area contributed by atoms with E-state index >= 15 is 0 Å². The van der Waals surface area contributed by atoms with Crippen LogP contribution in [0.25, 0.3) is 0 Å². The summed E-state index contributed by atoms with van der Waals surface area (Å²) in [6, 6.07) is 4.81. The summed E-state index contributed by atoms with van der Waals surface area (Å²) in [5, 5.41) is 39.2. The number of nitrogens with zero attached hydrogens (tertiary/aromatic N) is 2. The van der Waals surface area contributed by atoms with Crippen LogP contribution in [0.4, 0.5) is 0 Å². The van der Waals surface area contributed by atoms with E-state index in [1.54, 1.807) is 27.7 Å². The fourth-order valence-corrected chi connectivity index (χ4v) is 6.54. The van der Waals surface area contributed by atoms with Crippen molar-refractivity contribution in [2.75, 3.05) is 13.2 Å². The van der Waals surface area contributed by atoms with Gasteiger partial charge in [-0.2, -0.15) is 0 Å². The first-order valence-electron chi connectivity index (χ1n) is 18.6. The summed E-state index contributed by atoms with van der Waals surface area (Å²) in [5.74, 6) is -3.67. The van der Waals surface area contributed by atoms with Gasteiger partial charge in [0, 0.05) is 49.9 Å². The largest absolute Gasteiger partial charge is 0.492 e. The minimum Gasteiger partial charge on any atom is -0.492 e. The van der Waals surface area contributed by atoms with Gasteiger partial charge in [0.1, 0.15) is 5.60 Å². The Balaban J connectivity index is 1.72. The SMILES string of the molecule is CC(C)(CCC(=O)OCCC(C)(C)OCCC(C)(C)OC(=O)CCC(C)(C)CC(C)(C)C(=O)On1c(O)ccc1O)CC(C)(C)C(=O)On1c(O)ccc1O. The fourth-order valence-electron chi connectivity index (χ4n) is 6.54. The second kappa shape index (κ2) is 18.0. The molecule has 0 saturated carbocycles. The zero-order valence-electron chi connectivity index (χ0n) is 34.7. The van der Waals surface area contributed by atoms with Crippen molar-refractivity contribution in [2.24, 2.45) is 21.7 Å². The Morgan fingerprint density at radius 2 is 0.891 bits per heavy atom. The van der Waals surface area contributed by atoms with E-state index < -0.39 is 68.3 Å². The molecule has 2 aromatic heterocycles. The molecule has 0 aliphatic rings. The summed E-state index contributed by atoms with van der Waals surface area (Å²) < 4.78 is 18.7. The minimum absolute atomic E-state index is 0.130. The van der Waals surface area contributed by atoms with Gasteiger partial charge in [-0.15, -0.1) is 9.46 Å². The van der Waals surface area contributed by atoms with E-state index in [-0.39, 0.29) is 31.4 Å². The molecule has 2 heterocycles. The topological polar surface area (TPSA) is 205 Å². The fraction of sp³-hybridized carbons (Fsp3) is 0.700. The van der Waals surface area contributed by atoms with Gasteiger partial charge >= 0.3 is 23.9 Å². The van der Waals surface area contributed by atoms with Crippen molar-refractivity contribution in [1.82, 2.24) is 9.46 Å². The molecule has 4 N–H and O–H groups in total. The van der Waals surface area contributed by atoms with Crippen molar-refractivity contribution in [1.29, 1.82) is 0 Å². The van der Waals surface area contributed by atoms with Crippen molar-refractivity contribution in [3.63, 3.8) is 0 Å². The zero-order chi connectivity index (χ0) is 42.2. The molecular formula is C40H64N2O13. The standard InChI is InChI=1S/C40H64N2O13/c1-35(2,25-37(5,6)33(49)54-41-27(43)13-14-28(41)44)19-17-31(47)51-23-21-39(9,10)52-24-22-40(11,12)53-32(48)18-20-36(3,4)26-38(7,8)34(50)55-42-29(45)15-16-30(42)46/h13-16,43-46H,17-26H2,1-12H3.